The molecule has 2 heterocycles. The maximum Gasteiger partial charge on any atom is 0.260 e. The molecule has 8 heteroatoms. The van der Waals surface area contributed by atoms with E-state index in [2.05, 4.69) is 5.10 Å². The molecule has 108 valence electrons. The van der Waals surface area contributed by atoms with E-state index in [-0.39, 0.29) is 9.77 Å². The second-order valence-corrected chi connectivity index (χ2v) is 7.95. The van der Waals surface area contributed by atoms with Crippen molar-refractivity contribution >= 4 is 21.8 Å². The van der Waals surface area contributed by atoms with Crippen LogP contribution in [0.1, 0.15) is 12.8 Å². The first-order valence-corrected chi connectivity index (χ1v) is 8.85. The van der Waals surface area contributed by atoms with Crippen molar-refractivity contribution in [1.82, 2.24) is 14.1 Å². The van der Waals surface area contributed by atoms with Gasteiger partial charge >= 0.3 is 0 Å². The molecule has 1 saturated heterocycles. The summed E-state index contributed by atoms with van der Waals surface area (Å²) in [4.78, 5) is 0. The van der Waals surface area contributed by atoms with Crippen LogP contribution in [0.25, 0.3) is 0 Å². The molecule has 0 saturated carbocycles. The summed E-state index contributed by atoms with van der Waals surface area (Å²) in [6.45, 7) is 1.63. The van der Waals surface area contributed by atoms with Crippen molar-refractivity contribution in [1.29, 1.82) is 0 Å². The maximum absolute atomic E-state index is 12.5. The molecule has 1 aromatic heterocycles. The lowest BCUT2D eigenvalue weighted by molar-refractivity contribution is 0.299. The normalized spacial score (nSPS) is 20.6. The monoisotopic (exact) mass is 304 g/mol. The van der Waals surface area contributed by atoms with Crippen LogP contribution in [-0.4, -0.2) is 53.1 Å². The van der Waals surface area contributed by atoms with Crippen molar-refractivity contribution in [2.45, 2.75) is 22.6 Å². The molecule has 0 unspecified atom stereocenters. The summed E-state index contributed by atoms with van der Waals surface area (Å²) >= 11 is 1.74. The highest BCUT2D eigenvalue weighted by atomic mass is 32.2. The Bertz CT molecular complexity index is 527. The molecular formula is C11H20N4O2S2. The average molecular weight is 304 g/mol. The Labute approximate surface area is 118 Å². The second-order valence-electron chi connectivity index (χ2n) is 4.79. The third-order valence-corrected chi connectivity index (χ3v) is 7.23. The number of rotatable bonds is 4. The molecule has 19 heavy (non-hydrogen) atoms. The summed E-state index contributed by atoms with van der Waals surface area (Å²) in [7, 11) is -1.79. The number of nitrogens with zero attached hydrogens (tertiary/aromatic N) is 3. The quantitative estimate of drug-likeness (QED) is 0.863. The molecule has 1 fully saturated rings. The number of aromatic nitrogens is 2. The van der Waals surface area contributed by atoms with Crippen molar-refractivity contribution < 1.29 is 8.42 Å². The zero-order valence-corrected chi connectivity index (χ0v) is 12.9. The van der Waals surface area contributed by atoms with Gasteiger partial charge in [0.2, 0.25) is 0 Å². The molecule has 1 aliphatic rings. The van der Waals surface area contributed by atoms with E-state index < -0.39 is 10.0 Å². The van der Waals surface area contributed by atoms with Gasteiger partial charge in [-0.1, -0.05) is 0 Å². The Morgan fingerprint density at radius 1 is 1.47 bits per heavy atom. The molecule has 0 atom stereocenters. The van der Waals surface area contributed by atoms with E-state index in [0.29, 0.717) is 19.6 Å². The van der Waals surface area contributed by atoms with Crippen molar-refractivity contribution in [3.63, 3.8) is 0 Å². The summed E-state index contributed by atoms with van der Waals surface area (Å²) in [6, 6.07) is 1.54. The Morgan fingerprint density at radius 3 is 2.53 bits per heavy atom. The van der Waals surface area contributed by atoms with E-state index in [1.807, 2.05) is 6.26 Å². The summed E-state index contributed by atoms with van der Waals surface area (Å²) < 4.78 is 27.9. The van der Waals surface area contributed by atoms with Gasteiger partial charge in [0.25, 0.3) is 10.0 Å². The number of hydrogen-bond acceptors (Lipinski definition) is 5. The summed E-state index contributed by atoms with van der Waals surface area (Å²) in [5.74, 6) is 0. The standard InChI is InChI=1S/C11H20N4O2S2/c1-14-10(3-6-13-14)19(16,17)15-7-4-11(9-12,18-2)5-8-15/h3,6H,4-5,7-9,12H2,1-2H3. The topological polar surface area (TPSA) is 81.2 Å². The van der Waals surface area contributed by atoms with Crippen molar-refractivity contribution in [2.24, 2.45) is 12.8 Å². The van der Waals surface area contributed by atoms with Gasteiger partial charge in [0.15, 0.2) is 5.03 Å². The molecular weight excluding hydrogens is 284 g/mol. The number of aryl methyl sites for hydroxylation is 1. The minimum Gasteiger partial charge on any atom is -0.329 e. The van der Waals surface area contributed by atoms with Crippen LogP contribution in [0.3, 0.4) is 0 Å². The van der Waals surface area contributed by atoms with Crippen LogP contribution in [0.4, 0.5) is 0 Å². The van der Waals surface area contributed by atoms with Crippen LogP contribution < -0.4 is 5.73 Å². The van der Waals surface area contributed by atoms with E-state index in [9.17, 15) is 8.42 Å². The molecule has 0 bridgehead atoms. The summed E-state index contributed by atoms with van der Waals surface area (Å²) in [5.41, 5.74) is 5.82. The predicted molar refractivity (Wildman–Crippen MR) is 76.5 cm³/mol. The SMILES string of the molecule is CSC1(CN)CCN(S(=O)(=O)c2ccnn2C)CC1. The molecule has 2 rings (SSSR count). The predicted octanol–water partition coefficient (Wildman–Crippen LogP) is 0.265. The molecule has 0 spiro atoms. The van der Waals surface area contributed by atoms with E-state index in [0.717, 1.165) is 12.8 Å². The van der Waals surface area contributed by atoms with E-state index in [1.54, 1.807) is 18.8 Å². The van der Waals surface area contributed by atoms with Crippen molar-refractivity contribution in [3.05, 3.63) is 12.3 Å². The van der Waals surface area contributed by atoms with Crippen molar-refractivity contribution in [3.8, 4) is 0 Å². The third-order valence-electron chi connectivity index (χ3n) is 3.82. The lowest BCUT2D eigenvalue weighted by atomic mass is 9.97. The first-order valence-electron chi connectivity index (χ1n) is 6.18. The molecule has 6 nitrogen and oxygen atoms in total. The molecule has 2 N–H and O–H groups in total. The van der Waals surface area contributed by atoms with Gasteiger partial charge in [0.05, 0.1) is 6.20 Å². The smallest absolute Gasteiger partial charge is 0.260 e. The first kappa shape index (κ1) is 14.8. The molecule has 1 aromatic rings. The second kappa shape index (κ2) is 5.43. The number of nitrogens with two attached hydrogens (primary N) is 1. The zero-order chi connectivity index (χ0) is 14.1. The minimum absolute atomic E-state index is 0.0263. The molecule has 1 aliphatic heterocycles. The average Bonchev–Trinajstić information content (AvgIpc) is 2.86. The fourth-order valence-corrected chi connectivity index (χ4v) is 4.67. The lowest BCUT2D eigenvalue weighted by Gasteiger charge is -2.39. The van der Waals surface area contributed by atoms with Crippen LogP contribution in [0.5, 0.6) is 0 Å². The minimum atomic E-state index is -3.43. The molecule has 0 aliphatic carbocycles. The highest BCUT2D eigenvalue weighted by molar-refractivity contribution is 8.00. The number of thioether (sulfide) groups is 1. The third kappa shape index (κ3) is 2.67. The van der Waals surface area contributed by atoms with E-state index >= 15 is 0 Å². The lowest BCUT2D eigenvalue weighted by Crippen LogP contribution is -2.48. The molecule has 0 amide bonds. The highest BCUT2D eigenvalue weighted by Crippen LogP contribution is 2.35. The number of hydrogen-bond donors (Lipinski definition) is 1. The van der Waals surface area contributed by atoms with Crippen molar-refractivity contribution in [2.75, 3.05) is 25.9 Å². The van der Waals surface area contributed by atoms with Crippen LogP contribution in [0.15, 0.2) is 17.3 Å². The Kier molecular flexibility index (Phi) is 4.24. The van der Waals surface area contributed by atoms with Gasteiger partial charge < -0.3 is 5.73 Å². The van der Waals surface area contributed by atoms with Crippen LogP contribution >= 0.6 is 11.8 Å². The summed E-state index contributed by atoms with van der Waals surface area (Å²) in [6.07, 6.45) is 5.13. The number of piperidine rings is 1. The fourth-order valence-electron chi connectivity index (χ4n) is 2.37. The van der Waals surface area contributed by atoms with E-state index in [4.69, 9.17) is 5.73 Å². The Morgan fingerprint density at radius 2 is 2.11 bits per heavy atom. The van der Waals surface area contributed by atoms with E-state index in [1.165, 1.54) is 21.3 Å². The Balaban J connectivity index is 2.16. The van der Waals surface area contributed by atoms with Gasteiger partial charge in [-0.15, -0.1) is 0 Å². The van der Waals surface area contributed by atoms with Crippen LogP contribution in [-0.2, 0) is 17.1 Å². The van der Waals surface area contributed by atoms with Gasteiger partial charge in [-0.25, -0.2) is 8.42 Å². The highest BCUT2D eigenvalue weighted by Gasteiger charge is 2.37. The maximum atomic E-state index is 12.5. The van der Waals surface area contributed by atoms with Gasteiger partial charge in [-0.2, -0.15) is 21.2 Å². The largest absolute Gasteiger partial charge is 0.329 e. The van der Waals surface area contributed by atoms with Gasteiger partial charge in [-0.05, 0) is 25.2 Å². The first-order chi connectivity index (χ1) is 8.95. The zero-order valence-electron chi connectivity index (χ0n) is 11.2. The fraction of sp³-hybridized carbons (Fsp3) is 0.727. The van der Waals surface area contributed by atoms with Gasteiger partial charge in [-0.3, -0.25) is 4.68 Å². The molecule has 0 aromatic carbocycles. The summed E-state index contributed by atoms with van der Waals surface area (Å²) in [5, 5.41) is 4.17. The number of sulfonamides is 1. The van der Waals surface area contributed by atoms with Crippen LogP contribution in [0.2, 0.25) is 0 Å². The molecule has 0 radical (unpaired) electrons. The van der Waals surface area contributed by atoms with Gasteiger partial charge in [0.1, 0.15) is 0 Å². The van der Waals surface area contributed by atoms with Crippen LogP contribution in [0, 0.1) is 0 Å². The van der Waals surface area contributed by atoms with Gasteiger partial charge in [0, 0.05) is 31.4 Å². The Hall–Kier alpha value is -0.570.